The van der Waals surface area contributed by atoms with Gasteiger partial charge in [-0.1, -0.05) is 23.7 Å². The average Bonchev–Trinajstić information content (AvgIpc) is 3.08. The molecule has 2 aromatic rings. The van der Waals surface area contributed by atoms with Crippen LogP contribution in [0.5, 0.6) is 0 Å². The second kappa shape index (κ2) is 7.25. The third-order valence-corrected chi connectivity index (χ3v) is 4.93. The lowest BCUT2D eigenvalue weighted by molar-refractivity contribution is -0.119. The quantitative estimate of drug-likeness (QED) is 0.858. The lowest BCUT2D eigenvalue weighted by Crippen LogP contribution is -2.49. The Balaban J connectivity index is 1.79. The third-order valence-electron chi connectivity index (χ3n) is 3.93. The molecule has 1 saturated heterocycles. The van der Waals surface area contributed by atoms with E-state index in [9.17, 15) is 4.79 Å². The van der Waals surface area contributed by atoms with Gasteiger partial charge in [0, 0.05) is 35.9 Å². The number of amides is 1. The fourth-order valence-electron chi connectivity index (χ4n) is 2.72. The van der Waals surface area contributed by atoms with Crippen molar-refractivity contribution in [2.75, 3.05) is 13.2 Å². The zero-order valence-electron chi connectivity index (χ0n) is 12.5. The Labute approximate surface area is 144 Å². The summed E-state index contributed by atoms with van der Waals surface area (Å²) in [5, 5.41) is 6.54. The summed E-state index contributed by atoms with van der Waals surface area (Å²) < 4.78 is 5.47. The van der Waals surface area contributed by atoms with Gasteiger partial charge in [-0.2, -0.15) is 0 Å². The molecule has 1 aliphatic rings. The van der Waals surface area contributed by atoms with Gasteiger partial charge in [-0.25, -0.2) is 4.98 Å². The van der Waals surface area contributed by atoms with Crippen molar-refractivity contribution < 1.29 is 9.53 Å². The van der Waals surface area contributed by atoms with Gasteiger partial charge >= 0.3 is 0 Å². The number of ether oxygens (including phenoxy) is 1. The van der Waals surface area contributed by atoms with Crippen molar-refractivity contribution in [1.82, 2.24) is 10.3 Å². The number of carbonyl (C=O) groups is 1. The van der Waals surface area contributed by atoms with Gasteiger partial charge in [0.25, 0.3) is 0 Å². The molecule has 1 amide bonds. The monoisotopic (exact) mass is 348 g/mol. The predicted octanol–water partition coefficient (Wildman–Crippen LogP) is 3.63. The molecule has 2 heterocycles. The first-order valence-electron chi connectivity index (χ1n) is 7.41. The number of hydrogen-bond donors (Lipinski definition) is 1. The second-order valence-corrected chi connectivity index (χ2v) is 6.76. The maximum Gasteiger partial charge on any atom is 0.244 e. The summed E-state index contributed by atoms with van der Waals surface area (Å²) in [6, 6.07) is 7.65. The van der Waals surface area contributed by atoms with Crippen molar-refractivity contribution in [3.8, 4) is 0 Å². The van der Waals surface area contributed by atoms with Gasteiger partial charge in [0.15, 0.2) is 0 Å². The third kappa shape index (κ3) is 3.99. The van der Waals surface area contributed by atoms with Crippen LogP contribution in [0.25, 0.3) is 6.08 Å². The minimum Gasteiger partial charge on any atom is -0.381 e. The van der Waals surface area contributed by atoms with E-state index in [-0.39, 0.29) is 5.91 Å². The molecule has 0 bridgehead atoms. The normalized spacial score (nSPS) is 17.3. The number of nitrogens with zero attached hydrogens (tertiary/aromatic N) is 1. The number of hydrogen-bond acceptors (Lipinski definition) is 4. The Morgan fingerprint density at radius 3 is 2.70 bits per heavy atom. The summed E-state index contributed by atoms with van der Waals surface area (Å²) in [6.07, 6.45) is 6.47. The predicted molar refractivity (Wildman–Crippen MR) is 92.5 cm³/mol. The summed E-state index contributed by atoms with van der Waals surface area (Å²) in [5.74, 6) is -0.128. The van der Waals surface area contributed by atoms with Crippen molar-refractivity contribution in [3.05, 3.63) is 57.5 Å². The molecule has 3 rings (SSSR count). The van der Waals surface area contributed by atoms with E-state index >= 15 is 0 Å². The minimum atomic E-state index is -0.410. The van der Waals surface area contributed by atoms with Crippen LogP contribution in [-0.2, 0) is 15.1 Å². The maximum absolute atomic E-state index is 12.4. The van der Waals surface area contributed by atoms with Crippen molar-refractivity contribution in [3.63, 3.8) is 0 Å². The average molecular weight is 349 g/mol. The molecule has 1 fully saturated rings. The smallest absolute Gasteiger partial charge is 0.244 e. The standard InChI is InChI=1S/C17H17ClN2O2S/c18-14-3-1-13(2-4-14)17(7-10-22-11-8-17)20-15(21)5-6-16-19-9-12-23-16/h1-6,9,12H,7-8,10-11H2,(H,20,21)/b6-5+. The highest BCUT2D eigenvalue weighted by molar-refractivity contribution is 7.10. The van der Waals surface area contributed by atoms with Crippen LogP contribution in [-0.4, -0.2) is 24.1 Å². The molecular weight excluding hydrogens is 332 g/mol. The zero-order chi connectivity index (χ0) is 16.1. The summed E-state index contributed by atoms with van der Waals surface area (Å²) in [6.45, 7) is 1.25. The number of benzene rings is 1. The van der Waals surface area contributed by atoms with Crippen LogP contribution < -0.4 is 5.32 Å². The lowest BCUT2D eigenvalue weighted by atomic mass is 9.82. The summed E-state index contributed by atoms with van der Waals surface area (Å²) in [7, 11) is 0. The van der Waals surface area contributed by atoms with E-state index in [1.54, 1.807) is 12.3 Å². The van der Waals surface area contributed by atoms with Crippen molar-refractivity contribution in [2.24, 2.45) is 0 Å². The topological polar surface area (TPSA) is 51.2 Å². The molecule has 4 nitrogen and oxygen atoms in total. The van der Waals surface area contributed by atoms with E-state index in [0.29, 0.717) is 18.2 Å². The number of aromatic nitrogens is 1. The summed E-state index contributed by atoms with van der Waals surface area (Å²) in [4.78, 5) is 16.5. The maximum atomic E-state index is 12.4. The minimum absolute atomic E-state index is 0.128. The summed E-state index contributed by atoms with van der Waals surface area (Å²) >= 11 is 7.48. The Bertz CT molecular complexity index is 677. The molecule has 0 atom stereocenters. The molecule has 0 aliphatic carbocycles. The van der Waals surface area contributed by atoms with E-state index in [4.69, 9.17) is 16.3 Å². The van der Waals surface area contributed by atoms with Crippen LogP contribution in [0.2, 0.25) is 5.02 Å². The molecule has 1 N–H and O–H groups in total. The van der Waals surface area contributed by atoms with E-state index in [1.807, 2.05) is 29.6 Å². The van der Waals surface area contributed by atoms with Crippen LogP contribution in [0, 0.1) is 0 Å². The Hall–Kier alpha value is -1.69. The number of rotatable bonds is 4. The van der Waals surface area contributed by atoms with Gasteiger partial charge in [0.2, 0.25) is 5.91 Å². The van der Waals surface area contributed by atoms with Crippen molar-refractivity contribution in [2.45, 2.75) is 18.4 Å². The first kappa shape index (κ1) is 16.2. The van der Waals surface area contributed by atoms with E-state index < -0.39 is 5.54 Å². The van der Waals surface area contributed by atoms with Gasteiger partial charge in [-0.05, 0) is 36.6 Å². The molecule has 0 radical (unpaired) electrons. The van der Waals surface area contributed by atoms with Gasteiger partial charge < -0.3 is 10.1 Å². The summed E-state index contributed by atoms with van der Waals surface area (Å²) in [5.41, 5.74) is 0.647. The Morgan fingerprint density at radius 2 is 2.04 bits per heavy atom. The molecule has 0 unspecified atom stereocenters. The van der Waals surface area contributed by atoms with Crippen LogP contribution in [0.1, 0.15) is 23.4 Å². The SMILES string of the molecule is O=C(/C=C/c1nccs1)NC1(c2ccc(Cl)cc2)CCOCC1. The molecule has 120 valence electrons. The molecule has 23 heavy (non-hydrogen) atoms. The second-order valence-electron chi connectivity index (χ2n) is 5.39. The van der Waals surface area contributed by atoms with Crippen molar-refractivity contribution >= 4 is 34.9 Å². The Morgan fingerprint density at radius 1 is 1.30 bits per heavy atom. The van der Waals surface area contributed by atoms with Crippen LogP contribution in [0.3, 0.4) is 0 Å². The highest BCUT2D eigenvalue weighted by Gasteiger charge is 2.35. The molecule has 6 heteroatoms. The molecule has 0 saturated carbocycles. The first-order valence-corrected chi connectivity index (χ1v) is 8.67. The van der Waals surface area contributed by atoms with E-state index in [2.05, 4.69) is 10.3 Å². The molecule has 1 aliphatic heterocycles. The lowest BCUT2D eigenvalue weighted by Gasteiger charge is -2.38. The van der Waals surface area contributed by atoms with E-state index in [0.717, 1.165) is 23.4 Å². The highest BCUT2D eigenvalue weighted by Crippen LogP contribution is 2.32. The van der Waals surface area contributed by atoms with Crippen LogP contribution in [0.4, 0.5) is 0 Å². The number of carbonyl (C=O) groups excluding carboxylic acids is 1. The zero-order valence-corrected chi connectivity index (χ0v) is 14.1. The van der Waals surface area contributed by atoms with Crippen molar-refractivity contribution in [1.29, 1.82) is 0 Å². The highest BCUT2D eigenvalue weighted by atomic mass is 35.5. The Kier molecular flexibility index (Phi) is 5.10. The molecular formula is C17H17ClN2O2S. The molecule has 0 spiro atoms. The van der Waals surface area contributed by atoms with Gasteiger partial charge in [0.1, 0.15) is 5.01 Å². The fourth-order valence-corrected chi connectivity index (χ4v) is 3.37. The largest absolute Gasteiger partial charge is 0.381 e. The first-order chi connectivity index (χ1) is 11.2. The van der Waals surface area contributed by atoms with Gasteiger partial charge in [-0.3, -0.25) is 4.79 Å². The fraction of sp³-hybridized carbons (Fsp3) is 0.294. The van der Waals surface area contributed by atoms with Gasteiger partial charge in [0.05, 0.1) is 5.54 Å². The number of halogens is 1. The van der Waals surface area contributed by atoms with Crippen LogP contribution in [0.15, 0.2) is 41.9 Å². The number of nitrogens with one attached hydrogen (secondary N) is 1. The molecule has 1 aromatic heterocycles. The van der Waals surface area contributed by atoms with Crippen LogP contribution >= 0.6 is 22.9 Å². The van der Waals surface area contributed by atoms with Gasteiger partial charge in [-0.15, -0.1) is 11.3 Å². The van der Waals surface area contributed by atoms with E-state index in [1.165, 1.54) is 17.4 Å². The number of thiazole rings is 1. The molecule has 1 aromatic carbocycles.